The van der Waals surface area contributed by atoms with Gasteiger partial charge in [0.25, 0.3) is 11.8 Å². The fraction of sp³-hybridized carbons (Fsp3) is 0.257. The topological polar surface area (TPSA) is 191 Å². The zero-order chi connectivity index (χ0) is 35.9. The number of hydrogen-bond donors (Lipinski definition) is 3. The molecule has 5 rings (SSSR count). The third-order valence-electron chi connectivity index (χ3n) is 7.89. The largest absolute Gasteiger partial charge is 0.366 e. The summed E-state index contributed by atoms with van der Waals surface area (Å²) in [4.78, 5) is 63.7. The summed E-state index contributed by atoms with van der Waals surface area (Å²) in [5.74, 6) is -1.23. The first-order valence-corrected chi connectivity index (χ1v) is 16.1. The number of H-pyrrole nitrogens is 1. The Kier molecular flexibility index (Phi) is 10.6. The third kappa shape index (κ3) is 7.51. The molecule has 4 N–H and O–H groups in total. The van der Waals surface area contributed by atoms with E-state index in [1.54, 1.807) is 75.9 Å². The number of imidazole rings is 1. The van der Waals surface area contributed by atoms with E-state index < -0.39 is 17.7 Å². The fourth-order valence-corrected chi connectivity index (χ4v) is 5.49. The number of aromatic nitrogens is 6. The Morgan fingerprint density at radius 1 is 0.920 bits per heavy atom. The summed E-state index contributed by atoms with van der Waals surface area (Å²) in [5, 5.41) is 11.8. The number of aliphatic imine (C=N–C) groups is 1. The van der Waals surface area contributed by atoms with Crippen LogP contribution < -0.4 is 21.6 Å². The number of hydrogen-bond acceptors (Lipinski definition) is 6. The van der Waals surface area contributed by atoms with Crippen molar-refractivity contribution in [3.8, 4) is 0 Å². The van der Waals surface area contributed by atoms with Crippen molar-refractivity contribution < 1.29 is 19.2 Å². The molecule has 0 fully saturated rings. The summed E-state index contributed by atoms with van der Waals surface area (Å²) < 4.78 is 5.03. The zero-order valence-electron chi connectivity index (χ0n) is 28.5. The average Bonchev–Trinajstić information content (AvgIpc) is 3.80. The van der Waals surface area contributed by atoms with Crippen LogP contribution in [-0.2, 0) is 19.6 Å². The number of carbonyl (C=O) groups excluding carboxylic acids is 4. The van der Waals surface area contributed by atoms with E-state index in [1.165, 1.54) is 0 Å². The second-order valence-corrected chi connectivity index (χ2v) is 11.3. The van der Waals surface area contributed by atoms with Gasteiger partial charge in [-0.3, -0.25) is 28.5 Å². The van der Waals surface area contributed by atoms with E-state index >= 15 is 0 Å². The number of nitrogens with one attached hydrogen (secondary N) is 2. The van der Waals surface area contributed by atoms with Gasteiger partial charge in [0, 0.05) is 50.0 Å². The van der Waals surface area contributed by atoms with Crippen molar-refractivity contribution in [1.29, 1.82) is 0 Å². The maximum Gasteiger partial charge on any atom is 0.298 e. The highest BCUT2D eigenvalue weighted by atomic mass is 16.2. The molecule has 0 atom stereocenters. The number of aryl methyl sites for hydroxylation is 4. The van der Waals surface area contributed by atoms with Gasteiger partial charge in [-0.25, -0.2) is 0 Å². The van der Waals surface area contributed by atoms with Crippen LogP contribution in [0.1, 0.15) is 66.9 Å². The van der Waals surface area contributed by atoms with Crippen LogP contribution in [-0.4, -0.2) is 72.7 Å². The molecule has 15 nitrogen and oxygen atoms in total. The SMILES string of the molecule is CCn1nc(C)cc1C(=O)/N=C(\NC)N(C/C=C/Cn1/c(=N/C(=O)c2cc(C)nn2CC)[nH]c2cc(C=O)ccc21)c1ccc(C(N)=O)cc1. The van der Waals surface area contributed by atoms with E-state index in [2.05, 4.69) is 30.5 Å². The minimum absolute atomic E-state index is 0.257. The second kappa shape index (κ2) is 15.2. The Hall–Kier alpha value is -6.38. The lowest BCUT2D eigenvalue weighted by molar-refractivity contribution is 0.0980. The van der Waals surface area contributed by atoms with Crippen LogP contribution >= 0.6 is 0 Å². The van der Waals surface area contributed by atoms with Crippen molar-refractivity contribution in [1.82, 2.24) is 34.4 Å². The molecule has 258 valence electrons. The molecule has 2 aromatic carbocycles. The molecule has 5 aromatic rings. The zero-order valence-corrected chi connectivity index (χ0v) is 28.5. The van der Waals surface area contributed by atoms with Crippen LogP contribution in [0.5, 0.6) is 0 Å². The molecule has 0 radical (unpaired) electrons. The van der Waals surface area contributed by atoms with Gasteiger partial charge in [-0.05, 0) is 82.3 Å². The van der Waals surface area contributed by atoms with Crippen LogP contribution in [0.4, 0.5) is 5.69 Å². The number of nitrogens with zero attached hydrogens (tertiary/aromatic N) is 8. The highest BCUT2D eigenvalue weighted by Crippen LogP contribution is 2.17. The molecule has 3 heterocycles. The third-order valence-corrected chi connectivity index (χ3v) is 7.89. The molecule has 0 aliphatic heterocycles. The predicted molar refractivity (Wildman–Crippen MR) is 189 cm³/mol. The van der Waals surface area contributed by atoms with Crippen molar-refractivity contribution in [2.45, 2.75) is 47.3 Å². The number of aldehydes is 1. The molecule has 3 amide bonds. The number of allylic oxidation sites excluding steroid dienone is 1. The van der Waals surface area contributed by atoms with Crippen LogP contribution in [0.25, 0.3) is 11.0 Å². The highest BCUT2D eigenvalue weighted by molar-refractivity contribution is 6.07. The van der Waals surface area contributed by atoms with Crippen molar-refractivity contribution in [2.75, 3.05) is 18.5 Å². The molecule has 0 saturated heterocycles. The number of carbonyl (C=O) groups is 4. The summed E-state index contributed by atoms with van der Waals surface area (Å²) in [6, 6.07) is 15.2. The van der Waals surface area contributed by atoms with Crippen LogP contribution in [0.3, 0.4) is 0 Å². The number of fused-ring (bicyclic) bond motifs is 1. The Balaban J connectivity index is 1.50. The van der Waals surface area contributed by atoms with Gasteiger partial charge in [0.15, 0.2) is 0 Å². The maximum atomic E-state index is 13.3. The number of aromatic amines is 1. The number of rotatable bonds is 11. The molecule has 15 heteroatoms. The monoisotopic (exact) mass is 677 g/mol. The Morgan fingerprint density at radius 2 is 1.56 bits per heavy atom. The van der Waals surface area contributed by atoms with Crippen LogP contribution in [0, 0.1) is 13.8 Å². The summed E-state index contributed by atoms with van der Waals surface area (Å²) >= 11 is 0. The summed E-state index contributed by atoms with van der Waals surface area (Å²) in [6.07, 6.45) is 4.52. The maximum absolute atomic E-state index is 13.3. The summed E-state index contributed by atoms with van der Waals surface area (Å²) in [6.45, 7) is 8.99. The van der Waals surface area contributed by atoms with Crippen LogP contribution in [0.15, 0.2) is 76.7 Å². The average molecular weight is 678 g/mol. The summed E-state index contributed by atoms with van der Waals surface area (Å²) in [7, 11) is 1.66. The number of guanidine groups is 1. The number of benzene rings is 2. The van der Waals surface area contributed by atoms with E-state index in [-0.39, 0.29) is 12.5 Å². The quantitative estimate of drug-likeness (QED) is 0.0822. The number of anilines is 1. The standard InChI is InChI=1S/C35H39N11O4/c1-6-45-29(18-22(3)41-45)32(49)39-34(37-5)43(26-13-11-25(12-14-26)31(36)48)16-8-9-17-44-28-15-10-24(21-47)20-27(28)38-35(44)40-33(50)30-19-23(4)42-46(30)7-2/h8-15,18-21H,6-7,16-17H2,1-5H3,(H2,36,48)(H,37,39,49)(H,38,40,50)/b9-8+. The number of nitrogens with two attached hydrogens (primary N) is 1. The normalized spacial score (nSPS) is 12.2. The smallest absolute Gasteiger partial charge is 0.298 e. The minimum atomic E-state index is -0.561. The molecule has 0 bridgehead atoms. The van der Waals surface area contributed by atoms with Gasteiger partial charge in [0.05, 0.1) is 22.4 Å². The van der Waals surface area contributed by atoms with Gasteiger partial charge < -0.3 is 25.5 Å². The molecule has 0 saturated carbocycles. The first-order chi connectivity index (χ1) is 24.1. The lowest BCUT2D eigenvalue weighted by Crippen LogP contribution is -2.40. The van der Waals surface area contributed by atoms with Crippen molar-refractivity contribution in [3.63, 3.8) is 0 Å². The molecule has 0 unspecified atom stereocenters. The molecular weight excluding hydrogens is 638 g/mol. The summed E-state index contributed by atoms with van der Waals surface area (Å²) in [5.41, 5.74) is 10.7. The molecular formula is C35H39N11O4. The van der Waals surface area contributed by atoms with E-state index in [9.17, 15) is 19.2 Å². The molecule has 0 aliphatic rings. The van der Waals surface area contributed by atoms with Gasteiger partial charge >= 0.3 is 0 Å². The van der Waals surface area contributed by atoms with Crippen molar-refractivity contribution >= 4 is 46.7 Å². The molecule has 3 aromatic heterocycles. The van der Waals surface area contributed by atoms with E-state index in [0.29, 0.717) is 70.4 Å². The fourth-order valence-electron chi connectivity index (χ4n) is 5.49. The first-order valence-electron chi connectivity index (χ1n) is 16.1. The van der Waals surface area contributed by atoms with E-state index in [0.717, 1.165) is 11.8 Å². The van der Waals surface area contributed by atoms with Crippen molar-refractivity contribution in [3.05, 3.63) is 106 Å². The van der Waals surface area contributed by atoms with Gasteiger partial charge in [-0.1, -0.05) is 12.2 Å². The first kappa shape index (κ1) is 34.9. The lowest BCUT2D eigenvalue weighted by atomic mass is 10.2. The second-order valence-electron chi connectivity index (χ2n) is 11.3. The number of primary amides is 1. The predicted octanol–water partition coefficient (Wildman–Crippen LogP) is 3.15. The Morgan fingerprint density at radius 3 is 2.14 bits per heavy atom. The van der Waals surface area contributed by atoms with E-state index in [1.807, 2.05) is 44.4 Å². The Labute approximate surface area is 287 Å². The molecule has 50 heavy (non-hydrogen) atoms. The van der Waals surface area contributed by atoms with E-state index in [4.69, 9.17) is 5.73 Å². The lowest BCUT2D eigenvalue weighted by Gasteiger charge is -2.24. The Bertz CT molecular complexity index is 2200. The van der Waals surface area contributed by atoms with Gasteiger partial charge in [0.1, 0.15) is 17.7 Å². The molecule has 0 spiro atoms. The highest BCUT2D eigenvalue weighted by Gasteiger charge is 2.18. The van der Waals surface area contributed by atoms with Crippen LogP contribution in [0.2, 0.25) is 0 Å². The molecule has 0 aliphatic carbocycles. The van der Waals surface area contributed by atoms with Crippen molar-refractivity contribution in [2.24, 2.45) is 15.7 Å². The van der Waals surface area contributed by atoms with Gasteiger partial charge in [0.2, 0.25) is 17.5 Å². The van der Waals surface area contributed by atoms with Gasteiger partial charge in [-0.15, -0.1) is 0 Å². The van der Waals surface area contributed by atoms with Gasteiger partial charge in [-0.2, -0.15) is 20.2 Å². The number of amides is 3. The minimum Gasteiger partial charge on any atom is -0.366 e.